The van der Waals surface area contributed by atoms with E-state index in [0.29, 0.717) is 0 Å². The predicted octanol–water partition coefficient (Wildman–Crippen LogP) is 1.64. The number of hydrogen-bond donors (Lipinski definition) is 1. The Kier molecular flexibility index (Phi) is 4.32. The number of methoxy groups -OCH3 is 2. The SMILES string of the molecule is COC(=O)c1ccc(-n2cc(C#N)c(N)c2C(=O)OC)cc1F. The zero-order valence-corrected chi connectivity index (χ0v) is 12.3. The second-order valence-corrected chi connectivity index (χ2v) is 4.43. The number of nitrogen functional groups attached to an aromatic ring is 1. The zero-order valence-electron chi connectivity index (χ0n) is 12.3. The largest absolute Gasteiger partial charge is 0.465 e. The Labute approximate surface area is 130 Å². The fourth-order valence-corrected chi connectivity index (χ4v) is 2.05. The first-order valence-electron chi connectivity index (χ1n) is 6.32. The molecule has 0 fully saturated rings. The van der Waals surface area contributed by atoms with Gasteiger partial charge in [-0.05, 0) is 18.2 Å². The van der Waals surface area contributed by atoms with Gasteiger partial charge in [-0.3, -0.25) is 0 Å². The minimum atomic E-state index is -0.837. The molecule has 0 radical (unpaired) electrons. The molecule has 0 aliphatic rings. The van der Waals surface area contributed by atoms with E-state index in [1.807, 2.05) is 6.07 Å². The van der Waals surface area contributed by atoms with Crippen LogP contribution >= 0.6 is 0 Å². The van der Waals surface area contributed by atoms with Crippen molar-refractivity contribution < 1.29 is 23.5 Å². The molecule has 1 heterocycles. The first-order chi connectivity index (χ1) is 10.9. The maximum absolute atomic E-state index is 14.1. The first-order valence-corrected chi connectivity index (χ1v) is 6.32. The monoisotopic (exact) mass is 317 g/mol. The molecule has 0 spiro atoms. The van der Waals surface area contributed by atoms with Crippen molar-refractivity contribution in [1.29, 1.82) is 5.26 Å². The lowest BCUT2D eigenvalue weighted by Crippen LogP contribution is -2.12. The molecule has 0 unspecified atom stereocenters. The maximum atomic E-state index is 14.1. The molecule has 0 aliphatic carbocycles. The molecule has 8 heteroatoms. The molecule has 0 atom stereocenters. The highest BCUT2D eigenvalue weighted by Gasteiger charge is 2.22. The second kappa shape index (κ2) is 6.19. The zero-order chi connectivity index (χ0) is 17.1. The number of rotatable bonds is 3. The molecular weight excluding hydrogens is 305 g/mol. The Hall–Kier alpha value is -3.34. The van der Waals surface area contributed by atoms with Crippen molar-refractivity contribution in [3.63, 3.8) is 0 Å². The van der Waals surface area contributed by atoms with Gasteiger partial charge in [-0.2, -0.15) is 5.26 Å². The van der Waals surface area contributed by atoms with Gasteiger partial charge in [0.15, 0.2) is 5.69 Å². The summed E-state index contributed by atoms with van der Waals surface area (Å²) < 4.78 is 24.4. The molecular formula is C15H12FN3O4. The summed E-state index contributed by atoms with van der Waals surface area (Å²) in [4.78, 5) is 23.3. The average Bonchev–Trinajstić information content (AvgIpc) is 2.89. The van der Waals surface area contributed by atoms with E-state index in [1.54, 1.807) is 0 Å². The Morgan fingerprint density at radius 2 is 1.91 bits per heavy atom. The van der Waals surface area contributed by atoms with Crippen molar-refractivity contribution in [1.82, 2.24) is 4.57 Å². The van der Waals surface area contributed by atoms with Crippen LogP contribution in [0.15, 0.2) is 24.4 Å². The highest BCUT2D eigenvalue weighted by molar-refractivity contribution is 5.96. The molecule has 2 rings (SSSR count). The minimum Gasteiger partial charge on any atom is -0.465 e. The number of benzene rings is 1. The topological polar surface area (TPSA) is 107 Å². The Morgan fingerprint density at radius 1 is 1.26 bits per heavy atom. The third kappa shape index (κ3) is 2.72. The number of nitriles is 1. The Morgan fingerprint density at radius 3 is 2.43 bits per heavy atom. The summed E-state index contributed by atoms with van der Waals surface area (Å²) in [5, 5.41) is 9.03. The minimum absolute atomic E-state index is 0.0443. The predicted molar refractivity (Wildman–Crippen MR) is 77.5 cm³/mol. The van der Waals surface area contributed by atoms with Crippen LogP contribution in [0.2, 0.25) is 0 Å². The van der Waals surface area contributed by atoms with Gasteiger partial charge in [-0.15, -0.1) is 0 Å². The third-order valence-electron chi connectivity index (χ3n) is 3.18. The molecule has 23 heavy (non-hydrogen) atoms. The summed E-state index contributed by atoms with van der Waals surface area (Å²) >= 11 is 0. The average molecular weight is 317 g/mol. The maximum Gasteiger partial charge on any atom is 0.357 e. The second-order valence-electron chi connectivity index (χ2n) is 4.43. The van der Waals surface area contributed by atoms with Crippen LogP contribution in [0.3, 0.4) is 0 Å². The van der Waals surface area contributed by atoms with Crippen molar-refractivity contribution in [2.24, 2.45) is 0 Å². The molecule has 2 N–H and O–H groups in total. The summed E-state index contributed by atoms with van der Waals surface area (Å²) in [5.74, 6) is -2.44. The number of carbonyl (C=O) groups is 2. The Balaban J connectivity index is 2.63. The highest BCUT2D eigenvalue weighted by atomic mass is 19.1. The lowest BCUT2D eigenvalue weighted by molar-refractivity contribution is 0.0584. The van der Waals surface area contributed by atoms with E-state index in [2.05, 4.69) is 9.47 Å². The number of ether oxygens (including phenoxy) is 2. The molecule has 2 aromatic rings. The van der Waals surface area contributed by atoms with Crippen molar-refractivity contribution >= 4 is 17.6 Å². The van der Waals surface area contributed by atoms with Gasteiger partial charge in [-0.1, -0.05) is 0 Å². The molecule has 7 nitrogen and oxygen atoms in total. The van der Waals surface area contributed by atoms with E-state index >= 15 is 0 Å². The highest BCUT2D eigenvalue weighted by Crippen LogP contribution is 2.25. The number of carbonyl (C=O) groups excluding carboxylic acids is 2. The molecule has 1 aromatic carbocycles. The van der Waals surface area contributed by atoms with Gasteiger partial charge in [-0.25, -0.2) is 14.0 Å². The number of anilines is 1. The third-order valence-corrected chi connectivity index (χ3v) is 3.18. The number of nitrogens with zero attached hydrogens (tertiary/aromatic N) is 2. The fourth-order valence-electron chi connectivity index (χ4n) is 2.05. The lowest BCUT2D eigenvalue weighted by atomic mass is 10.2. The van der Waals surface area contributed by atoms with Gasteiger partial charge < -0.3 is 19.8 Å². The van der Waals surface area contributed by atoms with E-state index in [0.717, 1.165) is 20.3 Å². The molecule has 0 saturated heterocycles. The molecule has 0 saturated carbocycles. The molecule has 0 amide bonds. The number of esters is 2. The van der Waals surface area contributed by atoms with Crippen LogP contribution in [0, 0.1) is 17.1 Å². The van der Waals surface area contributed by atoms with Crippen molar-refractivity contribution in [3.05, 3.63) is 47.0 Å². The summed E-state index contributed by atoms with van der Waals surface area (Å²) in [5.41, 5.74) is 5.57. The molecule has 0 bridgehead atoms. The fraction of sp³-hybridized carbons (Fsp3) is 0.133. The van der Waals surface area contributed by atoms with Gasteiger partial charge in [0, 0.05) is 11.9 Å². The Bertz CT molecular complexity index is 836. The molecule has 1 aromatic heterocycles. The van der Waals surface area contributed by atoms with E-state index in [1.165, 1.54) is 22.9 Å². The summed E-state index contributed by atoms with van der Waals surface area (Å²) in [7, 11) is 2.29. The van der Waals surface area contributed by atoms with Crippen molar-refractivity contribution in [2.45, 2.75) is 0 Å². The summed E-state index contributed by atoms with van der Waals surface area (Å²) in [6.45, 7) is 0. The number of hydrogen-bond acceptors (Lipinski definition) is 6. The number of aromatic nitrogens is 1. The van der Waals surface area contributed by atoms with Crippen LogP contribution in [0.1, 0.15) is 26.4 Å². The van der Waals surface area contributed by atoms with Gasteiger partial charge in [0.1, 0.15) is 11.9 Å². The van der Waals surface area contributed by atoms with E-state index in [-0.39, 0.29) is 28.2 Å². The number of nitrogens with two attached hydrogens (primary N) is 1. The molecule has 0 aliphatic heterocycles. The van der Waals surface area contributed by atoms with Gasteiger partial charge in [0.25, 0.3) is 0 Å². The summed E-state index contributed by atoms with van der Waals surface area (Å²) in [6.07, 6.45) is 1.29. The van der Waals surface area contributed by atoms with Crippen LogP contribution in [0.4, 0.5) is 10.1 Å². The van der Waals surface area contributed by atoms with E-state index in [4.69, 9.17) is 11.0 Å². The van der Waals surface area contributed by atoms with Crippen molar-refractivity contribution in [3.8, 4) is 11.8 Å². The van der Waals surface area contributed by atoms with Crippen LogP contribution in [-0.2, 0) is 9.47 Å². The van der Waals surface area contributed by atoms with Crippen LogP contribution in [0.5, 0.6) is 0 Å². The van der Waals surface area contributed by atoms with E-state index in [9.17, 15) is 14.0 Å². The van der Waals surface area contributed by atoms with Crippen LogP contribution < -0.4 is 5.73 Å². The molecule has 118 valence electrons. The smallest absolute Gasteiger partial charge is 0.357 e. The van der Waals surface area contributed by atoms with Gasteiger partial charge in [0.05, 0.1) is 31.0 Å². The quantitative estimate of drug-likeness (QED) is 0.862. The summed E-state index contributed by atoms with van der Waals surface area (Å²) in [6, 6.07) is 5.46. The lowest BCUT2D eigenvalue weighted by Gasteiger charge is -2.09. The standard InChI is InChI=1S/C15H12FN3O4/c1-22-14(20)10-4-3-9(5-11(10)16)19-7-8(6-17)12(18)13(19)15(21)23-2/h3-5,7H,18H2,1-2H3. The first kappa shape index (κ1) is 16.0. The normalized spacial score (nSPS) is 10.0. The number of halogens is 1. The van der Waals surface area contributed by atoms with Crippen LogP contribution in [-0.4, -0.2) is 30.7 Å². The van der Waals surface area contributed by atoms with E-state index < -0.39 is 17.8 Å². The van der Waals surface area contributed by atoms with Crippen LogP contribution in [0.25, 0.3) is 5.69 Å². The van der Waals surface area contributed by atoms with Gasteiger partial charge >= 0.3 is 11.9 Å². The van der Waals surface area contributed by atoms with Crippen molar-refractivity contribution in [2.75, 3.05) is 20.0 Å². The van der Waals surface area contributed by atoms with Gasteiger partial charge in [0.2, 0.25) is 0 Å².